The van der Waals surface area contributed by atoms with Crippen molar-refractivity contribution in [2.75, 3.05) is 17.7 Å². The van der Waals surface area contributed by atoms with Crippen molar-refractivity contribution >= 4 is 29.1 Å². The molecule has 0 fully saturated rings. The molecule has 11 heteroatoms. The summed E-state index contributed by atoms with van der Waals surface area (Å²) in [4.78, 5) is 16.8. The normalized spacial score (nSPS) is 15.8. The third-order valence-electron chi connectivity index (χ3n) is 4.88. The average molecular weight is 464 g/mol. The smallest absolute Gasteiger partial charge is 0.453 e. The summed E-state index contributed by atoms with van der Waals surface area (Å²) in [6.07, 6.45) is -4.74. The lowest BCUT2D eigenvalue weighted by Crippen LogP contribution is -2.31. The molecule has 0 radical (unpaired) electrons. The molecule has 4 rings (SSSR count). The van der Waals surface area contributed by atoms with Gasteiger partial charge >= 0.3 is 6.18 Å². The van der Waals surface area contributed by atoms with Crippen molar-refractivity contribution in [3.05, 3.63) is 76.2 Å². The number of nitrogens with zero attached hydrogens (tertiary/aromatic N) is 3. The number of hydrogen-bond acceptors (Lipinski definition) is 5. The number of benzene rings is 2. The van der Waals surface area contributed by atoms with Crippen LogP contribution in [0.3, 0.4) is 0 Å². The van der Waals surface area contributed by atoms with E-state index in [-0.39, 0.29) is 11.5 Å². The molecule has 1 unspecified atom stereocenters. The van der Waals surface area contributed by atoms with Crippen molar-refractivity contribution in [1.82, 2.24) is 14.8 Å². The van der Waals surface area contributed by atoms with Crippen LogP contribution in [0.5, 0.6) is 5.75 Å². The number of allylic oxidation sites excluding steroid dienone is 1. The number of aromatic nitrogens is 3. The summed E-state index contributed by atoms with van der Waals surface area (Å²) in [6.45, 7) is 1.59. The number of fused-ring (bicyclic) bond motifs is 1. The molecule has 2 aromatic carbocycles. The third kappa shape index (κ3) is 4.13. The Morgan fingerprint density at radius 2 is 1.81 bits per heavy atom. The summed E-state index contributed by atoms with van der Waals surface area (Å²) in [6, 6.07) is 12.2. The van der Waals surface area contributed by atoms with Crippen LogP contribution >= 0.6 is 11.6 Å². The number of ether oxygens (including phenoxy) is 1. The molecule has 1 amide bonds. The lowest BCUT2D eigenvalue weighted by molar-refractivity contribution is -0.145. The van der Waals surface area contributed by atoms with Crippen molar-refractivity contribution in [2.45, 2.75) is 19.1 Å². The molecule has 1 aliphatic heterocycles. The molecule has 0 saturated carbocycles. The predicted octanol–water partition coefficient (Wildman–Crippen LogP) is 4.89. The maximum atomic E-state index is 13.3. The molecule has 0 spiro atoms. The summed E-state index contributed by atoms with van der Waals surface area (Å²) in [5.41, 5.74) is 1.56. The molecule has 166 valence electrons. The van der Waals surface area contributed by atoms with Crippen LogP contribution in [0.4, 0.5) is 24.8 Å². The van der Waals surface area contributed by atoms with Gasteiger partial charge in [0.15, 0.2) is 0 Å². The number of alkyl halides is 3. The second-order valence-corrected chi connectivity index (χ2v) is 7.44. The van der Waals surface area contributed by atoms with Crippen molar-refractivity contribution in [3.63, 3.8) is 0 Å². The van der Waals surface area contributed by atoms with Gasteiger partial charge in [-0.2, -0.15) is 18.2 Å². The monoisotopic (exact) mass is 463 g/mol. The Kier molecular flexibility index (Phi) is 5.55. The molecular weight excluding hydrogens is 447 g/mol. The maximum Gasteiger partial charge on any atom is 0.453 e. The zero-order chi connectivity index (χ0) is 23.0. The van der Waals surface area contributed by atoms with E-state index in [1.54, 1.807) is 55.5 Å². The number of hydrogen-bond donors (Lipinski definition) is 2. The van der Waals surface area contributed by atoms with Gasteiger partial charge < -0.3 is 15.4 Å². The Morgan fingerprint density at radius 3 is 2.41 bits per heavy atom. The van der Waals surface area contributed by atoms with Crippen LogP contribution in [-0.4, -0.2) is 27.8 Å². The minimum Gasteiger partial charge on any atom is -0.497 e. The SMILES string of the molecule is COc1ccc(NC(=O)C2=C(C)Nc3nc(C(F)(F)F)nn3C2c2ccc(Cl)cc2)cc1. The largest absolute Gasteiger partial charge is 0.497 e. The maximum absolute atomic E-state index is 13.3. The van der Waals surface area contributed by atoms with Gasteiger partial charge in [-0.3, -0.25) is 4.79 Å². The van der Waals surface area contributed by atoms with Gasteiger partial charge in [0.05, 0.1) is 12.7 Å². The first-order valence-electron chi connectivity index (χ1n) is 9.40. The molecule has 2 heterocycles. The molecule has 0 saturated heterocycles. The first kappa shape index (κ1) is 21.7. The van der Waals surface area contributed by atoms with Crippen LogP contribution < -0.4 is 15.4 Å². The number of anilines is 2. The number of methoxy groups -OCH3 is 1. The van der Waals surface area contributed by atoms with Gasteiger partial charge in [-0.15, -0.1) is 5.10 Å². The van der Waals surface area contributed by atoms with Gasteiger partial charge in [-0.1, -0.05) is 23.7 Å². The second-order valence-electron chi connectivity index (χ2n) is 7.00. The van der Waals surface area contributed by atoms with Gasteiger partial charge in [-0.25, -0.2) is 4.68 Å². The molecule has 0 aliphatic carbocycles. The molecule has 1 atom stereocenters. The van der Waals surface area contributed by atoms with E-state index in [0.29, 0.717) is 27.7 Å². The van der Waals surface area contributed by atoms with Gasteiger partial charge in [0.2, 0.25) is 5.95 Å². The van der Waals surface area contributed by atoms with E-state index in [1.165, 1.54) is 7.11 Å². The average Bonchev–Trinajstić information content (AvgIpc) is 3.18. The number of halogens is 4. The lowest BCUT2D eigenvalue weighted by atomic mass is 9.95. The van der Waals surface area contributed by atoms with Gasteiger partial charge in [-0.05, 0) is 48.9 Å². The first-order chi connectivity index (χ1) is 15.2. The quantitative estimate of drug-likeness (QED) is 0.576. The van der Waals surface area contributed by atoms with Gasteiger partial charge in [0, 0.05) is 16.4 Å². The summed E-state index contributed by atoms with van der Waals surface area (Å²) >= 11 is 5.98. The number of carbonyl (C=O) groups is 1. The van der Waals surface area contributed by atoms with E-state index in [2.05, 4.69) is 20.7 Å². The highest BCUT2D eigenvalue weighted by atomic mass is 35.5. The molecule has 32 heavy (non-hydrogen) atoms. The highest BCUT2D eigenvalue weighted by molar-refractivity contribution is 6.30. The van der Waals surface area contributed by atoms with Crippen molar-refractivity contribution in [2.24, 2.45) is 0 Å². The molecule has 7 nitrogen and oxygen atoms in total. The van der Waals surface area contributed by atoms with Crippen LogP contribution in [0.1, 0.15) is 24.4 Å². The number of amides is 1. The Morgan fingerprint density at radius 1 is 1.16 bits per heavy atom. The zero-order valence-electron chi connectivity index (χ0n) is 16.9. The van der Waals surface area contributed by atoms with E-state index in [0.717, 1.165) is 4.68 Å². The Labute approximate surface area is 185 Å². The van der Waals surface area contributed by atoms with E-state index in [4.69, 9.17) is 16.3 Å². The fourth-order valence-corrected chi connectivity index (χ4v) is 3.52. The summed E-state index contributed by atoms with van der Waals surface area (Å²) in [5.74, 6) is -1.31. The van der Waals surface area contributed by atoms with E-state index in [1.807, 2.05) is 0 Å². The molecule has 1 aliphatic rings. The van der Waals surface area contributed by atoms with Crippen LogP contribution in [0.25, 0.3) is 0 Å². The van der Waals surface area contributed by atoms with Crippen LogP contribution in [0, 0.1) is 0 Å². The minimum atomic E-state index is -4.74. The van der Waals surface area contributed by atoms with E-state index in [9.17, 15) is 18.0 Å². The van der Waals surface area contributed by atoms with Crippen LogP contribution in [0.2, 0.25) is 5.02 Å². The molecular formula is C21H17ClF3N5O2. The van der Waals surface area contributed by atoms with Gasteiger partial charge in [0.25, 0.3) is 11.7 Å². The van der Waals surface area contributed by atoms with E-state index < -0.39 is 23.9 Å². The molecule has 2 N–H and O–H groups in total. The van der Waals surface area contributed by atoms with Gasteiger partial charge in [0.1, 0.15) is 11.8 Å². The Balaban J connectivity index is 1.77. The first-order valence-corrected chi connectivity index (χ1v) is 9.77. The minimum absolute atomic E-state index is 0.115. The van der Waals surface area contributed by atoms with Crippen molar-refractivity contribution < 1.29 is 22.7 Å². The summed E-state index contributed by atoms with van der Waals surface area (Å²) in [5, 5.41) is 9.63. The van der Waals surface area contributed by atoms with Crippen molar-refractivity contribution in [1.29, 1.82) is 0 Å². The zero-order valence-corrected chi connectivity index (χ0v) is 17.6. The number of nitrogens with one attached hydrogen (secondary N) is 2. The second kappa shape index (κ2) is 8.19. The summed E-state index contributed by atoms with van der Waals surface area (Å²) in [7, 11) is 1.52. The molecule has 0 bridgehead atoms. The number of carbonyl (C=O) groups excluding carboxylic acids is 1. The topological polar surface area (TPSA) is 81.1 Å². The van der Waals surface area contributed by atoms with E-state index >= 15 is 0 Å². The number of rotatable bonds is 4. The summed E-state index contributed by atoms with van der Waals surface area (Å²) < 4.78 is 46.0. The fraction of sp³-hybridized carbons (Fsp3) is 0.190. The Hall–Kier alpha value is -3.53. The van der Waals surface area contributed by atoms with Crippen molar-refractivity contribution in [3.8, 4) is 5.75 Å². The molecule has 3 aromatic rings. The highest BCUT2D eigenvalue weighted by Gasteiger charge is 2.41. The molecule has 1 aromatic heterocycles. The Bertz CT molecular complexity index is 1190. The standard InChI is InChI=1S/C21H17ClF3N5O2/c1-11-16(18(31)27-14-7-9-15(32-2)10-8-14)17(12-3-5-13(22)6-4-12)30-20(26-11)28-19(29-30)21(23,24)25/h3-10,17H,1-2H3,(H,27,31)(H,26,28,29). The highest BCUT2D eigenvalue weighted by Crippen LogP contribution is 2.38. The fourth-order valence-electron chi connectivity index (χ4n) is 3.39. The lowest BCUT2D eigenvalue weighted by Gasteiger charge is -2.28. The predicted molar refractivity (Wildman–Crippen MR) is 113 cm³/mol. The van der Waals surface area contributed by atoms with Crippen LogP contribution in [-0.2, 0) is 11.0 Å². The van der Waals surface area contributed by atoms with Crippen LogP contribution in [0.15, 0.2) is 59.8 Å². The third-order valence-corrected chi connectivity index (χ3v) is 5.14.